The van der Waals surface area contributed by atoms with Crippen molar-refractivity contribution in [2.24, 2.45) is 10.8 Å². The van der Waals surface area contributed by atoms with Gasteiger partial charge in [-0.2, -0.15) is 0 Å². The van der Waals surface area contributed by atoms with E-state index in [-0.39, 0.29) is 0 Å². The van der Waals surface area contributed by atoms with Crippen molar-refractivity contribution < 1.29 is 18.1 Å². The van der Waals surface area contributed by atoms with Gasteiger partial charge in [0, 0.05) is 42.0 Å². The fourth-order valence-corrected chi connectivity index (χ4v) is 5.31. The van der Waals surface area contributed by atoms with Crippen molar-refractivity contribution in [3.8, 4) is 0 Å². The van der Waals surface area contributed by atoms with Gasteiger partial charge in [0.25, 0.3) is 0 Å². The molecule has 8 nitrogen and oxygen atoms in total. The number of nitrogens with zero attached hydrogens (tertiary/aromatic N) is 3. The molecule has 0 saturated heterocycles. The molecule has 0 unspecified atom stereocenters. The van der Waals surface area contributed by atoms with Gasteiger partial charge in [-0.15, -0.1) is 0 Å². The van der Waals surface area contributed by atoms with E-state index in [0.717, 1.165) is 0 Å². The Labute approximate surface area is 149 Å². The lowest BCUT2D eigenvalue weighted by Crippen LogP contribution is -2.46. The first-order valence-corrected chi connectivity index (χ1v) is 10.3. The minimum absolute atomic E-state index is 0.362. The summed E-state index contributed by atoms with van der Waals surface area (Å²) in [5.41, 5.74) is 15.6. The molecule has 0 spiro atoms. The molecule has 1 aromatic rings. The molecule has 0 aliphatic carbocycles. The Morgan fingerprint density at radius 1 is 1.20 bits per heavy atom. The molecule has 1 rings (SSSR count). The van der Waals surface area contributed by atoms with Crippen LogP contribution in [-0.4, -0.2) is 34.5 Å². The Kier molecular flexibility index (Phi) is 9.18. The van der Waals surface area contributed by atoms with Gasteiger partial charge in [-0.05, 0) is 50.8 Å². The summed E-state index contributed by atoms with van der Waals surface area (Å²) >= 11 is 0. The molecule has 1 amide bonds. The predicted octanol–water partition coefficient (Wildman–Crippen LogP) is 3.71. The molecule has 138 valence electrons. The monoisotopic (exact) mass is 366 g/mol. The summed E-state index contributed by atoms with van der Waals surface area (Å²) in [4.78, 5) is 14.5. The van der Waals surface area contributed by atoms with Crippen molar-refractivity contribution in [3.63, 3.8) is 0 Å². The Morgan fingerprint density at radius 2 is 1.80 bits per heavy atom. The Morgan fingerprint density at radius 3 is 2.28 bits per heavy atom. The summed E-state index contributed by atoms with van der Waals surface area (Å²) in [5.74, 6) is -0.548. The molecule has 0 fully saturated rings. The Hall–Kier alpha value is -1.90. The second-order valence-electron chi connectivity index (χ2n) is 5.19. The van der Waals surface area contributed by atoms with Crippen LogP contribution in [0.4, 0.5) is 5.69 Å². The lowest BCUT2D eigenvalue weighted by molar-refractivity contribution is 0.0708. The number of azide groups is 1. The summed E-state index contributed by atoms with van der Waals surface area (Å²) in [6, 6.07) is 5.55. The van der Waals surface area contributed by atoms with E-state index in [9.17, 15) is 4.79 Å². The maximum Gasteiger partial charge on any atom is 0.500 e. The minimum Gasteiger partial charge on any atom is -0.374 e. The molecular weight excluding hydrogens is 340 g/mol. The SMILES string of the molecule is CCO[Si](CCCc1c(N=[N+]=[N-])cccc1C(N)=O)(OCC)OCC. The summed E-state index contributed by atoms with van der Waals surface area (Å²) in [6.45, 7) is 7.24. The van der Waals surface area contributed by atoms with Gasteiger partial charge in [0.2, 0.25) is 5.91 Å². The summed E-state index contributed by atoms with van der Waals surface area (Å²) < 4.78 is 17.5. The number of hydrogen-bond acceptors (Lipinski definition) is 5. The normalized spacial score (nSPS) is 11.2. The van der Waals surface area contributed by atoms with Crippen molar-refractivity contribution in [2.75, 3.05) is 19.8 Å². The second kappa shape index (κ2) is 10.9. The molecule has 0 aromatic heterocycles. The van der Waals surface area contributed by atoms with Crippen LogP contribution in [0.1, 0.15) is 43.1 Å². The third-order valence-corrected chi connectivity index (χ3v) is 6.72. The second-order valence-corrected chi connectivity index (χ2v) is 7.92. The van der Waals surface area contributed by atoms with E-state index in [0.29, 0.717) is 55.5 Å². The van der Waals surface area contributed by atoms with Gasteiger partial charge in [-0.1, -0.05) is 17.2 Å². The van der Waals surface area contributed by atoms with Gasteiger partial charge in [0.05, 0.1) is 0 Å². The molecule has 0 heterocycles. The number of primary amides is 1. The van der Waals surface area contributed by atoms with Crippen molar-refractivity contribution in [3.05, 3.63) is 39.8 Å². The molecule has 25 heavy (non-hydrogen) atoms. The van der Waals surface area contributed by atoms with Gasteiger partial charge in [0.15, 0.2) is 0 Å². The van der Waals surface area contributed by atoms with Crippen molar-refractivity contribution in [1.82, 2.24) is 0 Å². The zero-order valence-corrected chi connectivity index (χ0v) is 16.0. The van der Waals surface area contributed by atoms with Crippen LogP contribution in [0.25, 0.3) is 10.4 Å². The third kappa shape index (κ3) is 6.15. The minimum atomic E-state index is -2.75. The molecule has 0 atom stereocenters. The lowest BCUT2D eigenvalue weighted by Gasteiger charge is -2.28. The van der Waals surface area contributed by atoms with E-state index in [4.69, 9.17) is 24.5 Å². The van der Waals surface area contributed by atoms with Crippen LogP contribution < -0.4 is 5.73 Å². The van der Waals surface area contributed by atoms with Crippen LogP contribution in [0.2, 0.25) is 6.04 Å². The van der Waals surface area contributed by atoms with Crippen LogP contribution in [-0.2, 0) is 19.7 Å². The summed E-state index contributed by atoms with van der Waals surface area (Å²) in [6.07, 6.45) is 1.17. The van der Waals surface area contributed by atoms with Crippen molar-refractivity contribution in [2.45, 2.75) is 39.7 Å². The van der Waals surface area contributed by atoms with Gasteiger partial charge in [0.1, 0.15) is 0 Å². The van der Waals surface area contributed by atoms with Gasteiger partial charge < -0.3 is 19.0 Å². The molecule has 0 saturated carbocycles. The molecule has 9 heteroatoms. The van der Waals surface area contributed by atoms with Crippen LogP contribution in [0.5, 0.6) is 0 Å². The quantitative estimate of drug-likeness (QED) is 0.262. The van der Waals surface area contributed by atoms with E-state index >= 15 is 0 Å². The first-order valence-electron chi connectivity index (χ1n) is 8.42. The molecule has 0 aliphatic heterocycles. The van der Waals surface area contributed by atoms with Crippen molar-refractivity contribution >= 4 is 20.4 Å². The van der Waals surface area contributed by atoms with Crippen LogP contribution in [0, 0.1) is 0 Å². The first kappa shape index (κ1) is 21.1. The Bertz CT molecular complexity index is 583. The summed E-state index contributed by atoms with van der Waals surface area (Å²) in [7, 11) is -2.75. The number of rotatable bonds is 12. The standard InChI is InChI=1S/C16H26N4O4Si/c1-4-22-25(23-5-2,24-6-3)12-8-10-13-14(16(17)21)9-7-11-15(13)19-20-18/h7,9,11H,4-6,8,10,12H2,1-3H3,(H2,17,21). The fourth-order valence-electron chi connectivity index (χ4n) is 2.69. The van der Waals surface area contributed by atoms with Crippen LogP contribution >= 0.6 is 0 Å². The summed E-state index contributed by atoms with van der Waals surface area (Å²) in [5, 5.41) is 3.66. The molecule has 2 N–H and O–H groups in total. The lowest BCUT2D eigenvalue weighted by atomic mass is 10.0. The first-order chi connectivity index (χ1) is 12.0. The molecule has 0 aliphatic rings. The topological polar surface area (TPSA) is 120 Å². The Balaban J connectivity index is 2.98. The van der Waals surface area contributed by atoms with E-state index in [1.165, 1.54) is 0 Å². The highest BCUT2D eigenvalue weighted by Gasteiger charge is 2.39. The number of hydrogen-bond donors (Lipinski definition) is 1. The van der Waals surface area contributed by atoms with Gasteiger partial charge in [-0.25, -0.2) is 0 Å². The molecule has 1 aromatic carbocycles. The zero-order chi connectivity index (χ0) is 18.7. The van der Waals surface area contributed by atoms with E-state index in [1.807, 2.05) is 20.8 Å². The molecule has 0 bridgehead atoms. The zero-order valence-electron chi connectivity index (χ0n) is 15.0. The average Bonchev–Trinajstić information content (AvgIpc) is 2.57. The van der Waals surface area contributed by atoms with Crippen LogP contribution in [0.3, 0.4) is 0 Å². The maximum atomic E-state index is 11.7. The van der Waals surface area contributed by atoms with Gasteiger partial charge in [-0.3, -0.25) is 4.79 Å². The molecule has 0 radical (unpaired) electrons. The number of nitrogens with two attached hydrogens (primary N) is 1. The third-order valence-electron chi connectivity index (χ3n) is 3.57. The van der Waals surface area contributed by atoms with E-state index in [1.54, 1.807) is 18.2 Å². The van der Waals surface area contributed by atoms with E-state index in [2.05, 4.69) is 10.0 Å². The van der Waals surface area contributed by atoms with Crippen LogP contribution in [0.15, 0.2) is 23.3 Å². The number of carbonyl (C=O) groups is 1. The van der Waals surface area contributed by atoms with Gasteiger partial charge >= 0.3 is 8.80 Å². The number of amides is 1. The molecular formula is C16H26N4O4Si. The maximum absolute atomic E-state index is 11.7. The van der Waals surface area contributed by atoms with E-state index < -0.39 is 14.7 Å². The highest BCUT2D eigenvalue weighted by atomic mass is 28.4. The predicted molar refractivity (Wildman–Crippen MR) is 97.5 cm³/mol. The smallest absolute Gasteiger partial charge is 0.374 e. The van der Waals surface area contributed by atoms with Crippen molar-refractivity contribution in [1.29, 1.82) is 0 Å². The highest BCUT2D eigenvalue weighted by Crippen LogP contribution is 2.27. The number of carbonyl (C=O) groups excluding carboxylic acids is 1. The number of benzene rings is 1. The fraction of sp³-hybridized carbons (Fsp3) is 0.562. The average molecular weight is 366 g/mol. The highest BCUT2D eigenvalue weighted by molar-refractivity contribution is 6.60. The largest absolute Gasteiger partial charge is 0.500 e.